The first-order valence-electron chi connectivity index (χ1n) is 5.79. The second-order valence-corrected chi connectivity index (χ2v) is 3.87. The highest BCUT2D eigenvalue weighted by atomic mass is 19.1. The van der Waals surface area contributed by atoms with Crippen molar-refractivity contribution < 1.29 is 13.9 Å². The van der Waals surface area contributed by atoms with E-state index in [-0.39, 0.29) is 24.1 Å². The largest absolute Gasteiger partial charge is 0.466 e. The van der Waals surface area contributed by atoms with Crippen molar-refractivity contribution in [2.75, 3.05) is 12.3 Å². The first-order valence-corrected chi connectivity index (χ1v) is 5.79. The van der Waals surface area contributed by atoms with Crippen LogP contribution in [0.2, 0.25) is 0 Å². The van der Waals surface area contributed by atoms with Gasteiger partial charge in [-0.1, -0.05) is 13.0 Å². The molecule has 0 spiro atoms. The Balaban J connectivity index is 2.84. The molecule has 0 saturated carbocycles. The predicted octanol–water partition coefficient (Wildman–Crippen LogP) is 2.54. The van der Waals surface area contributed by atoms with Crippen molar-refractivity contribution in [2.45, 2.75) is 26.7 Å². The van der Waals surface area contributed by atoms with Gasteiger partial charge < -0.3 is 10.5 Å². The maximum Gasteiger partial charge on any atom is 0.309 e. The fourth-order valence-corrected chi connectivity index (χ4v) is 1.69. The lowest BCUT2D eigenvalue weighted by atomic mass is 9.95. The average molecular weight is 239 g/mol. The number of halogens is 1. The number of rotatable bonds is 5. The van der Waals surface area contributed by atoms with Crippen LogP contribution in [0.3, 0.4) is 0 Å². The molecule has 1 unspecified atom stereocenters. The maximum atomic E-state index is 13.6. The number of esters is 1. The van der Waals surface area contributed by atoms with E-state index in [4.69, 9.17) is 10.5 Å². The van der Waals surface area contributed by atoms with E-state index in [2.05, 4.69) is 0 Å². The highest BCUT2D eigenvalue weighted by Gasteiger charge is 2.20. The number of ether oxygens (including phenoxy) is 1. The first kappa shape index (κ1) is 13.5. The number of hydrogen-bond acceptors (Lipinski definition) is 3. The number of nitrogens with two attached hydrogens (primary N) is 1. The zero-order valence-corrected chi connectivity index (χ0v) is 10.2. The van der Waals surface area contributed by atoms with Gasteiger partial charge in [-0.2, -0.15) is 0 Å². The van der Waals surface area contributed by atoms with Crippen LogP contribution in [-0.4, -0.2) is 12.6 Å². The molecule has 2 N–H and O–H groups in total. The molecule has 1 aromatic rings. The lowest BCUT2D eigenvalue weighted by molar-refractivity contribution is -0.148. The van der Waals surface area contributed by atoms with Crippen molar-refractivity contribution in [3.8, 4) is 0 Å². The molecule has 0 aliphatic rings. The number of nitrogen functional groups attached to an aromatic ring is 1. The van der Waals surface area contributed by atoms with Gasteiger partial charge in [0.25, 0.3) is 0 Å². The predicted molar refractivity (Wildman–Crippen MR) is 64.9 cm³/mol. The highest BCUT2D eigenvalue weighted by Crippen LogP contribution is 2.22. The Bertz CT molecular complexity index is 373. The van der Waals surface area contributed by atoms with E-state index >= 15 is 0 Å². The van der Waals surface area contributed by atoms with Crippen LogP contribution in [0.1, 0.15) is 25.8 Å². The smallest absolute Gasteiger partial charge is 0.309 e. The quantitative estimate of drug-likeness (QED) is 0.634. The fourth-order valence-electron chi connectivity index (χ4n) is 1.69. The van der Waals surface area contributed by atoms with Gasteiger partial charge >= 0.3 is 5.97 Å². The first-order chi connectivity index (χ1) is 8.10. The second-order valence-electron chi connectivity index (χ2n) is 3.87. The van der Waals surface area contributed by atoms with Gasteiger partial charge in [0.1, 0.15) is 5.82 Å². The van der Waals surface area contributed by atoms with Gasteiger partial charge in [-0.25, -0.2) is 4.39 Å². The SMILES string of the molecule is CCOC(=O)C(CC)Cc1c(N)cccc1F. The standard InChI is InChI=1S/C13H18FNO2/c1-3-9(13(16)17-4-2)8-10-11(14)6-5-7-12(10)15/h5-7,9H,3-4,8,15H2,1-2H3. The summed E-state index contributed by atoms with van der Waals surface area (Å²) in [6.07, 6.45) is 0.889. The number of carbonyl (C=O) groups excluding carboxylic acids is 1. The fraction of sp³-hybridized carbons (Fsp3) is 0.462. The van der Waals surface area contributed by atoms with Gasteiger partial charge in [0.2, 0.25) is 0 Å². The van der Waals surface area contributed by atoms with Crippen LogP contribution in [0.4, 0.5) is 10.1 Å². The lowest BCUT2D eigenvalue weighted by Gasteiger charge is -2.15. The van der Waals surface area contributed by atoms with E-state index < -0.39 is 0 Å². The van der Waals surface area contributed by atoms with Gasteiger partial charge in [0.05, 0.1) is 12.5 Å². The van der Waals surface area contributed by atoms with E-state index in [9.17, 15) is 9.18 Å². The number of anilines is 1. The summed E-state index contributed by atoms with van der Waals surface area (Å²) in [7, 11) is 0. The van der Waals surface area contributed by atoms with Crippen LogP contribution in [0.25, 0.3) is 0 Å². The molecule has 0 aliphatic carbocycles. The Kier molecular flexibility index (Phi) is 4.94. The molecule has 0 fully saturated rings. The van der Waals surface area contributed by atoms with Crippen molar-refractivity contribution in [3.63, 3.8) is 0 Å². The van der Waals surface area contributed by atoms with Crippen molar-refractivity contribution in [1.82, 2.24) is 0 Å². The van der Waals surface area contributed by atoms with Crippen LogP contribution in [0.15, 0.2) is 18.2 Å². The molecular formula is C13H18FNO2. The topological polar surface area (TPSA) is 52.3 Å². The maximum absolute atomic E-state index is 13.6. The zero-order valence-electron chi connectivity index (χ0n) is 10.2. The van der Waals surface area contributed by atoms with Crippen LogP contribution in [-0.2, 0) is 16.0 Å². The van der Waals surface area contributed by atoms with Crippen molar-refractivity contribution in [1.29, 1.82) is 0 Å². The summed E-state index contributed by atoms with van der Waals surface area (Å²) in [4.78, 5) is 11.6. The Morgan fingerprint density at radius 3 is 2.71 bits per heavy atom. The van der Waals surface area contributed by atoms with E-state index in [1.165, 1.54) is 6.07 Å². The van der Waals surface area contributed by atoms with Gasteiger partial charge in [-0.15, -0.1) is 0 Å². The molecule has 4 heteroatoms. The molecule has 0 aromatic heterocycles. The molecule has 0 heterocycles. The van der Waals surface area contributed by atoms with Crippen LogP contribution in [0.5, 0.6) is 0 Å². The summed E-state index contributed by atoms with van der Waals surface area (Å²) in [5, 5.41) is 0. The molecular weight excluding hydrogens is 221 g/mol. The third-order valence-electron chi connectivity index (χ3n) is 2.72. The molecule has 0 aliphatic heterocycles. The Morgan fingerprint density at radius 1 is 1.47 bits per heavy atom. The summed E-state index contributed by atoms with van der Waals surface area (Å²) >= 11 is 0. The summed E-state index contributed by atoms with van der Waals surface area (Å²) in [6.45, 7) is 3.96. The molecule has 0 amide bonds. The van der Waals surface area contributed by atoms with E-state index in [1.807, 2.05) is 6.92 Å². The van der Waals surface area contributed by atoms with Crippen LogP contribution in [0, 0.1) is 11.7 Å². The number of carbonyl (C=O) groups is 1. The minimum Gasteiger partial charge on any atom is -0.466 e. The van der Waals surface area contributed by atoms with Crippen molar-refractivity contribution >= 4 is 11.7 Å². The Labute approximate surface area is 101 Å². The zero-order chi connectivity index (χ0) is 12.8. The normalized spacial score (nSPS) is 12.2. The molecule has 0 saturated heterocycles. The van der Waals surface area contributed by atoms with Gasteiger partial charge in [0.15, 0.2) is 0 Å². The van der Waals surface area contributed by atoms with Crippen molar-refractivity contribution in [3.05, 3.63) is 29.6 Å². The molecule has 1 atom stereocenters. The highest BCUT2D eigenvalue weighted by molar-refractivity contribution is 5.73. The molecule has 1 rings (SSSR count). The third kappa shape index (κ3) is 3.44. The Morgan fingerprint density at radius 2 is 2.18 bits per heavy atom. The van der Waals surface area contributed by atoms with Gasteiger partial charge in [-0.3, -0.25) is 4.79 Å². The number of benzene rings is 1. The van der Waals surface area contributed by atoms with Crippen molar-refractivity contribution in [2.24, 2.45) is 5.92 Å². The molecule has 0 bridgehead atoms. The minimum absolute atomic E-state index is 0.286. The number of hydrogen-bond donors (Lipinski definition) is 1. The van der Waals surface area contributed by atoms with Gasteiger partial charge in [0, 0.05) is 11.3 Å². The minimum atomic E-state index is -0.368. The Hall–Kier alpha value is -1.58. The van der Waals surface area contributed by atoms with E-state index in [0.717, 1.165) is 0 Å². The average Bonchev–Trinajstić information content (AvgIpc) is 2.29. The van der Waals surface area contributed by atoms with Crippen LogP contribution < -0.4 is 5.73 Å². The monoisotopic (exact) mass is 239 g/mol. The summed E-state index contributed by atoms with van der Waals surface area (Å²) < 4.78 is 18.5. The lowest BCUT2D eigenvalue weighted by Crippen LogP contribution is -2.20. The second kappa shape index (κ2) is 6.23. The summed E-state index contributed by atoms with van der Waals surface area (Å²) in [5.74, 6) is -1.00. The third-order valence-corrected chi connectivity index (χ3v) is 2.72. The summed E-state index contributed by atoms with van der Waals surface area (Å²) in [5.41, 5.74) is 6.48. The molecule has 17 heavy (non-hydrogen) atoms. The molecule has 0 radical (unpaired) electrons. The summed E-state index contributed by atoms with van der Waals surface area (Å²) in [6, 6.07) is 4.54. The van der Waals surface area contributed by atoms with Crippen LogP contribution >= 0.6 is 0 Å². The molecule has 3 nitrogen and oxygen atoms in total. The molecule has 94 valence electrons. The molecule has 1 aromatic carbocycles. The van der Waals surface area contributed by atoms with E-state index in [0.29, 0.717) is 24.3 Å². The van der Waals surface area contributed by atoms with E-state index in [1.54, 1.807) is 19.1 Å². The van der Waals surface area contributed by atoms with Gasteiger partial charge in [-0.05, 0) is 31.9 Å².